The first kappa shape index (κ1) is 14.7. The van der Waals surface area contributed by atoms with Crippen LogP contribution in [0.5, 0.6) is 0 Å². The lowest BCUT2D eigenvalue weighted by molar-refractivity contribution is 0.285. The Morgan fingerprint density at radius 1 is 1.09 bits per heavy atom. The Bertz CT molecular complexity index is 747. The van der Waals surface area contributed by atoms with Crippen LogP contribution in [0.1, 0.15) is 17.7 Å². The molecular formula is C17H21N5S. The van der Waals surface area contributed by atoms with Gasteiger partial charge in [0.05, 0.1) is 11.9 Å². The fourth-order valence-corrected chi connectivity index (χ4v) is 4.07. The van der Waals surface area contributed by atoms with Crippen molar-refractivity contribution >= 4 is 21.4 Å². The van der Waals surface area contributed by atoms with Gasteiger partial charge in [0.25, 0.3) is 0 Å². The highest BCUT2D eigenvalue weighted by atomic mass is 32.1. The Morgan fingerprint density at radius 3 is 2.78 bits per heavy atom. The van der Waals surface area contributed by atoms with E-state index in [-0.39, 0.29) is 0 Å². The number of aromatic nitrogens is 3. The maximum absolute atomic E-state index is 4.69. The second-order valence-electron chi connectivity index (χ2n) is 6.10. The summed E-state index contributed by atoms with van der Waals surface area (Å²) < 4.78 is 1.90. The molecule has 3 heterocycles. The molecule has 0 unspecified atom stereocenters. The topological polar surface area (TPSA) is 36.7 Å². The summed E-state index contributed by atoms with van der Waals surface area (Å²) in [5.41, 5.74) is 2.42. The zero-order chi connectivity index (χ0) is 15.6. The average Bonchev–Trinajstić information content (AvgIpc) is 2.98. The van der Waals surface area contributed by atoms with Gasteiger partial charge in [-0.25, -0.2) is 9.50 Å². The maximum atomic E-state index is 4.69. The summed E-state index contributed by atoms with van der Waals surface area (Å²) in [6, 6.07) is 10.7. The van der Waals surface area contributed by atoms with E-state index in [4.69, 9.17) is 0 Å². The van der Waals surface area contributed by atoms with Gasteiger partial charge in [0, 0.05) is 32.7 Å². The summed E-state index contributed by atoms with van der Waals surface area (Å²) >= 11 is 1.69. The minimum absolute atomic E-state index is 0.989. The molecule has 0 amide bonds. The predicted molar refractivity (Wildman–Crippen MR) is 94.2 cm³/mol. The molecule has 0 bridgehead atoms. The molecule has 0 radical (unpaired) electrons. The number of rotatable bonds is 3. The smallest absolute Gasteiger partial charge is 0.214 e. The van der Waals surface area contributed by atoms with Gasteiger partial charge in [-0.2, -0.15) is 0 Å². The van der Waals surface area contributed by atoms with Gasteiger partial charge >= 0.3 is 0 Å². The fourth-order valence-electron chi connectivity index (χ4n) is 3.09. The summed E-state index contributed by atoms with van der Waals surface area (Å²) in [7, 11) is 0. The fraction of sp³-hybridized carbons (Fsp3) is 0.412. The van der Waals surface area contributed by atoms with E-state index >= 15 is 0 Å². The Balaban J connectivity index is 1.43. The Morgan fingerprint density at radius 2 is 1.96 bits per heavy atom. The molecule has 0 saturated carbocycles. The van der Waals surface area contributed by atoms with Crippen LogP contribution >= 0.6 is 11.3 Å². The third-order valence-corrected chi connectivity index (χ3v) is 5.24. The minimum Gasteiger partial charge on any atom is -0.345 e. The molecule has 1 aromatic carbocycles. The average molecular weight is 327 g/mol. The number of fused-ring (bicyclic) bond motifs is 1. The molecule has 0 spiro atoms. The van der Waals surface area contributed by atoms with Crippen molar-refractivity contribution < 1.29 is 0 Å². The van der Waals surface area contributed by atoms with E-state index in [1.165, 1.54) is 12.0 Å². The van der Waals surface area contributed by atoms with E-state index in [1.807, 2.05) is 17.6 Å². The van der Waals surface area contributed by atoms with Crippen molar-refractivity contribution in [3.8, 4) is 0 Å². The van der Waals surface area contributed by atoms with Crippen molar-refractivity contribution in [1.29, 1.82) is 0 Å². The van der Waals surface area contributed by atoms with Crippen LogP contribution in [0, 0.1) is 6.92 Å². The van der Waals surface area contributed by atoms with Gasteiger partial charge < -0.3 is 4.90 Å². The number of hydrogen-bond acceptors (Lipinski definition) is 5. The van der Waals surface area contributed by atoms with Crippen LogP contribution in [0.15, 0.2) is 36.5 Å². The lowest BCUT2D eigenvalue weighted by Gasteiger charge is -2.21. The normalized spacial score (nSPS) is 16.8. The summed E-state index contributed by atoms with van der Waals surface area (Å²) in [6.07, 6.45) is 3.17. The van der Waals surface area contributed by atoms with Gasteiger partial charge in [0.1, 0.15) is 0 Å². The number of benzene rings is 1. The highest BCUT2D eigenvalue weighted by Gasteiger charge is 2.18. The summed E-state index contributed by atoms with van der Waals surface area (Å²) in [4.78, 5) is 10.4. The first-order valence-corrected chi connectivity index (χ1v) is 8.94. The number of anilines is 1. The SMILES string of the molecule is Cc1cn2nc(N3CCCN(Cc4ccccc4)CC3)sc2n1. The number of aryl methyl sites for hydroxylation is 1. The number of imidazole rings is 1. The van der Waals surface area contributed by atoms with Gasteiger partial charge in [-0.05, 0) is 18.9 Å². The van der Waals surface area contributed by atoms with Gasteiger partial charge in [0.2, 0.25) is 10.1 Å². The van der Waals surface area contributed by atoms with Crippen LogP contribution in [0.25, 0.3) is 4.96 Å². The lowest BCUT2D eigenvalue weighted by atomic mass is 10.2. The molecule has 120 valence electrons. The zero-order valence-electron chi connectivity index (χ0n) is 13.4. The zero-order valence-corrected chi connectivity index (χ0v) is 14.2. The number of nitrogens with zero attached hydrogens (tertiary/aromatic N) is 5. The van der Waals surface area contributed by atoms with Crippen molar-refractivity contribution in [2.75, 3.05) is 31.1 Å². The highest BCUT2D eigenvalue weighted by molar-refractivity contribution is 7.20. The van der Waals surface area contributed by atoms with E-state index < -0.39 is 0 Å². The van der Waals surface area contributed by atoms with Crippen LogP contribution in [0.4, 0.5) is 5.13 Å². The highest BCUT2D eigenvalue weighted by Crippen LogP contribution is 2.24. The van der Waals surface area contributed by atoms with Gasteiger partial charge in [-0.3, -0.25) is 4.90 Å². The van der Waals surface area contributed by atoms with Crippen LogP contribution in [-0.2, 0) is 6.54 Å². The Labute approximate surface area is 140 Å². The molecular weight excluding hydrogens is 306 g/mol. The predicted octanol–water partition coefficient (Wildman–Crippen LogP) is 2.81. The molecule has 4 rings (SSSR count). The van der Waals surface area contributed by atoms with E-state index in [2.05, 4.69) is 50.2 Å². The molecule has 5 nitrogen and oxygen atoms in total. The second kappa shape index (κ2) is 6.29. The summed E-state index contributed by atoms with van der Waals surface area (Å²) in [5, 5.41) is 5.78. The quantitative estimate of drug-likeness (QED) is 0.741. The van der Waals surface area contributed by atoms with E-state index in [0.717, 1.165) is 48.5 Å². The van der Waals surface area contributed by atoms with Crippen molar-refractivity contribution in [1.82, 2.24) is 19.5 Å². The Kier molecular flexibility index (Phi) is 4.01. The molecule has 6 heteroatoms. The summed E-state index contributed by atoms with van der Waals surface area (Å²) in [6.45, 7) is 7.37. The molecule has 3 aromatic rings. The molecule has 1 saturated heterocycles. The van der Waals surface area contributed by atoms with E-state index in [9.17, 15) is 0 Å². The molecule has 1 fully saturated rings. The Hall–Kier alpha value is -1.92. The van der Waals surface area contributed by atoms with Gasteiger partial charge in [-0.1, -0.05) is 41.7 Å². The second-order valence-corrected chi connectivity index (χ2v) is 7.03. The number of hydrogen-bond donors (Lipinski definition) is 0. The molecule has 2 aromatic heterocycles. The maximum Gasteiger partial charge on any atom is 0.214 e. The molecule has 0 atom stereocenters. The van der Waals surface area contributed by atoms with Crippen LogP contribution in [0.2, 0.25) is 0 Å². The van der Waals surface area contributed by atoms with Crippen LogP contribution in [0.3, 0.4) is 0 Å². The van der Waals surface area contributed by atoms with Crippen molar-refractivity contribution in [3.63, 3.8) is 0 Å². The first-order valence-electron chi connectivity index (χ1n) is 8.12. The third kappa shape index (κ3) is 3.23. The van der Waals surface area contributed by atoms with Gasteiger partial charge in [0.15, 0.2) is 0 Å². The monoisotopic (exact) mass is 327 g/mol. The van der Waals surface area contributed by atoms with Crippen molar-refractivity contribution in [2.24, 2.45) is 0 Å². The third-order valence-electron chi connectivity index (χ3n) is 4.26. The van der Waals surface area contributed by atoms with Crippen LogP contribution in [-0.4, -0.2) is 45.7 Å². The first-order chi connectivity index (χ1) is 11.3. The summed E-state index contributed by atoms with van der Waals surface area (Å²) in [5.74, 6) is 0. The van der Waals surface area contributed by atoms with Crippen LogP contribution < -0.4 is 4.90 Å². The van der Waals surface area contributed by atoms with E-state index in [1.54, 1.807) is 11.3 Å². The lowest BCUT2D eigenvalue weighted by Crippen LogP contribution is -2.30. The van der Waals surface area contributed by atoms with E-state index in [0.29, 0.717) is 0 Å². The molecule has 1 aliphatic heterocycles. The molecule has 0 aliphatic carbocycles. The largest absolute Gasteiger partial charge is 0.345 e. The molecule has 1 aliphatic rings. The minimum atomic E-state index is 0.989. The molecule has 23 heavy (non-hydrogen) atoms. The van der Waals surface area contributed by atoms with Crippen molar-refractivity contribution in [3.05, 3.63) is 47.8 Å². The van der Waals surface area contributed by atoms with Crippen molar-refractivity contribution in [2.45, 2.75) is 19.9 Å². The standard InChI is InChI=1S/C17H21N5S/c1-14-12-22-16(18-14)23-17(19-22)21-9-5-8-20(10-11-21)13-15-6-3-2-4-7-15/h2-4,6-7,12H,5,8-11,13H2,1H3. The van der Waals surface area contributed by atoms with Gasteiger partial charge in [-0.15, -0.1) is 5.10 Å². The molecule has 0 N–H and O–H groups in total.